The van der Waals surface area contributed by atoms with Crippen LogP contribution in [-0.2, 0) is 0 Å². The van der Waals surface area contributed by atoms with Crippen LogP contribution in [-0.4, -0.2) is 29.1 Å². The first-order valence-electron chi connectivity index (χ1n) is 6.81. The predicted octanol–water partition coefficient (Wildman–Crippen LogP) is 3.18. The molecule has 4 nitrogen and oxygen atoms in total. The van der Waals surface area contributed by atoms with Crippen molar-refractivity contribution < 1.29 is 9.90 Å². The molecule has 1 heterocycles. The Labute approximate surface area is 114 Å². The molecular formula is C15H22N2O2. The minimum Gasteiger partial charge on any atom is -0.478 e. The van der Waals surface area contributed by atoms with Crippen molar-refractivity contribution in [2.45, 2.75) is 45.6 Å². The first kappa shape index (κ1) is 13.8. The van der Waals surface area contributed by atoms with Crippen molar-refractivity contribution >= 4 is 11.8 Å². The number of aromatic nitrogens is 1. The van der Waals surface area contributed by atoms with Crippen LogP contribution in [0.4, 0.5) is 5.82 Å². The van der Waals surface area contributed by atoms with Crippen molar-refractivity contribution in [2.24, 2.45) is 5.41 Å². The molecule has 0 aromatic carbocycles. The molecule has 0 aliphatic heterocycles. The molecule has 1 saturated carbocycles. The fourth-order valence-corrected chi connectivity index (χ4v) is 2.68. The number of rotatable bonds is 3. The Hall–Kier alpha value is -1.58. The third kappa shape index (κ3) is 3.25. The topological polar surface area (TPSA) is 53.4 Å². The van der Waals surface area contributed by atoms with Gasteiger partial charge in [0.15, 0.2) is 0 Å². The second-order valence-electron chi connectivity index (χ2n) is 6.22. The first-order valence-corrected chi connectivity index (χ1v) is 6.81. The zero-order chi connectivity index (χ0) is 14.0. The monoisotopic (exact) mass is 262 g/mol. The Kier molecular flexibility index (Phi) is 3.78. The highest BCUT2D eigenvalue weighted by atomic mass is 16.4. The van der Waals surface area contributed by atoms with Crippen molar-refractivity contribution in [3.63, 3.8) is 0 Å². The lowest BCUT2D eigenvalue weighted by atomic mass is 9.75. The second kappa shape index (κ2) is 5.19. The number of carbonyl (C=O) groups is 1. The number of anilines is 1. The molecule has 0 amide bonds. The molecule has 1 N–H and O–H groups in total. The molecular weight excluding hydrogens is 240 g/mol. The molecule has 104 valence electrons. The number of hydrogen-bond acceptors (Lipinski definition) is 3. The molecule has 1 aliphatic rings. The summed E-state index contributed by atoms with van der Waals surface area (Å²) in [6.45, 7) is 4.65. The van der Waals surface area contributed by atoms with Crippen LogP contribution in [0.15, 0.2) is 18.3 Å². The van der Waals surface area contributed by atoms with Gasteiger partial charge in [0.2, 0.25) is 0 Å². The summed E-state index contributed by atoms with van der Waals surface area (Å²) in [5, 5.41) is 8.87. The minimum atomic E-state index is -0.930. The van der Waals surface area contributed by atoms with Crippen molar-refractivity contribution in [1.82, 2.24) is 4.98 Å². The molecule has 2 rings (SSSR count). The Balaban J connectivity index is 2.03. The van der Waals surface area contributed by atoms with Gasteiger partial charge in [0.1, 0.15) is 5.82 Å². The number of carboxylic acid groups (broad SMARTS) is 1. The zero-order valence-corrected chi connectivity index (χ0v) is 11.9. The number of hydrogen-bond donors (Lipinski definition) is 1. The summed E-state index contributed by atoms with van der Waals surface area (Å²) < 4.78 is 0. The van der Waals surface area contributed by atoms with Crippen LogP contribution in [0.25, 0.3) is 0 Å². The maximum atomic E-state index is 10.8. The normalized spacial score (nSPS) is 19.1. The Morgan fingerprint density at radius 3 is 2.47 bits per heavy atom. The van der Waals surface area contributed by atoms with Gasteiger partial charge in [0.05, 0.1) is 5.56 Å². The van der Waals surface area contributed by atoms with Crippen LogP contribution in [0.2, 0.25) is 0 Å². The van der Waals surface area contributed by atoms with E-state index in [2.05, 4.69) is 23.7 Å². The summed E-state index contributed by atoms with van der Waals surface area (Å²) in [5.41, 5.74) is 0.694. The largest absolute Gasteiger partial charge is 0.478 e. The maximum Gasteiger partial charge on any atom is 0.337 e. The Bertz CT molecular complexity index is 444. The zero-order valence-electron chi connectivity index (χ0n) is 11.9. The smallest absolute Gasteiger partial charge is 0.337 e. The van der Waals surface area contributed by atoms with Crippen LogP contribution in [0.3, 0.4) is 0 Å². The van der Waals surface area contributed by atoms with Crippen LogP contribution in [0.5, 0.6) is 0 Å². The average molecular weight is 262 g/mol. The number of carboxylic acids is 1. The summed E-state index contributed by atoms with van der Waals surface area (Å²) in [4.78, 5) is 17.2. The highest BCUT2D eigenvalue weighted by molar-refractivity contribution is 5.87. The number of nitrogens with zero attached hydrogens (tertiary/aromatic N) is 2. The van der Waals surface area contributed by atoms with Crippen molar-refractivity contribution in [3.8, 4) is 0 Å². The van der Waals surface area contributed by atoms with Gasteiger partial charge in [-0.05, 0) is 43.2 Å². The SMILES string of the molecule is CN(c1ccc(C(=O)O)cn1)C1CCC(C)(C)CC1. The quantitative estimate of drug-likeness (QED) is 0.909. The van der Waals surface area contributed by atoms with E-state index in [1.807, 2.05) is 7.05 Å². The van der Waals surface area contributed by atoms with Gasteiger partial charge in [0.25, 0.3) is 0 Å². The van der Waals surface area contributed by atoms with E-state index in [-0.39, 0.29) is 5.56 Å². The lowest BCUT2D eigenvalue weighted by Crippen LogP contribution is -2.37. The van der Waals surface area contributed by atoms with E-state index in [9.17, 15) is 4.79 Å². The lowest BCUT2D eigenvalue weighted by molar-refractivity contribution is 0.0696. The molecule has 0 radical (unpaired) electrons. The number of aromatic carboxylic acids is 1. The van der Waals surface area contributed by atoms with Gasteiger partial charge in [-0.1, -0.05) is 13.8 Å². The minimum absolute atomic E-state index is 0.238. The molecule has 0 unspecified atom stereocenters. The van der Waals surface area contributed by atoms with Crippen LogP contribution in [0.1, 0.15) is 49.9 Å². The van der Waals surface area contributed by atoms with E-state index in [1.165, 1.54) is 31.9 Å². The van der Waals surface area contributed by atoms with E-state index in [0.717, 1.165) is 5.82 Å². The summed E-state index contributed by atoms with van der Waals surface area (Å²) in [6, 6.07) is 3.92. The first-order chi connectivity index (χ1) is 8.89. The summed E-state index contributed by atoms with van der Waals surface area (Å²) >= 11 is 0. The second-order valence-corrected chi connectivity index (χ2v) is 6.22. The summed E-state index contributed by atoms with van der Waals surface area (Å²) in [7, 11) is 2.05. The van der Waals surface area contributed by atoms with Gasteiger partial charge in [-0.2, -0.15) is 0 Å². The predicted molar refractivity (Wildman–Crippen MR) is 75.6 cm³/mol. The van der Waals surface area contributed by atoms with Gasteiger partial charge < -0.3 is 10.0 Å². The highest BCUT2D eigenvalue weighted by Crippen LogP contribution is 2.37. The van der Waals surface area contributed by atoms with Crippen LogP contribution >= 0.6 is 0 Å². The van der Waals surface area contributed by atoms with Crippen LogP contribution in [0, 0.1) is 5.41 Å². The van der Waals surface area contributed by atoms with Gasteiger partial charge >= 0.3 is 5.97 Å². The lowest BCUT2D eigenvalue weighted by Gasteiger charge is -2.39. The molecule has 1 fully saturated rings. The fourth-order valence-electron chi connectivity index (χ4n) is 2.68. The van der Waals surface area contributed by atoms with Crippen molar-refractivity contribution in [3.05, 3.63) is 23.9 Å². The molecule has 4 heteroatoms. The third-order valence-corrected chi connectivity index (χ3v) is 4.21. The van der Waals surface area contributed by atoms with Gasteiger partial charge in [0, 0.05) is 19.3 Å². The molecule has 0 atom stereocenters. The molecule has 19 heavy (non-hydrogen) atoms. The van der Waals surface area contributed by atoms with E-state index < -0.39 is 5.97 Å². The Morgan fingerprint density at radius 1 is 1.37 bits per heavy atom. The molecule has 1 aromatic rings. The molecule has 1 aromatic heterocycles. The van der Waals surface area contributed by atoms with Crippen molar-refractivity contribution in [1.29, 1.82) is 0 Å². The van der Waals surface area contributed by atoms with E-state index in [4.69, 9.17) is 5.11 Å². The van der Waals surface area contributed by atoms with Gasteiger partial charge in [-0.15, -0.1) is 0 Å². The summed E-state index contributed by atoms with van der Waals surface area (Å²) in [5.74, 6) is -0.0733. The number of pyridine rings is 1. The van der Waals surface area contributed by atoms with E-state index in [1.54, 1.807) is 12.1 Å². The molecule has 0 bridgehead atoms. The molecule has 0 spiro atoms. The highest BCUT2D eigenvalue weighted by Gasteiger charge is 2.29. The van der Waals surface area contributed by atoms with Gasteiger partial charge in [-0.3, -0.25) is 0 Å². The average Bonchev–Trinajstić information content (AvgIpc) is 2.38. The van der Waals surface area contributed by atoms with Crippen molar-refractivity contribution in [2.75, 3.05) is 11.9 Å². The molecule has 1 aliphatic carbocycles. The maximum absolute atomic E-state index is 10.8. The van der Waals surface area contributed by atoms with E-state index in [0.29, 0.717) is 11.5 Å². The Morgan fingerprint density at radius 2 is 2.00 bits per heavy atom. The van der Waals surface area contributed by atoms with Crippen LogP contribution < -0.4 is 4.90 Å². The van der Waals surface area contributed by atoms with Gasteiger partial charge in [-0.25, -0.2) is 9.78 Å². The standard InChI is InChI=1S/C15H22N2O2/c1-15(2)8-6-12(7-9-15)17(3)13-5-4-11(10-16-13)14(18)19/h4-5,10,12H,6-9H2,1-3H3,(H,18,19). The fraction of sp³-hybridized carbons (Fsp3) is 0.600. The third-order valence-electron chi connectivity index (χ3n) is 4.21. The summed E-state index contributed by atoms with van der Waals surface area (Å²) in [6.07, 6.45) is 6.24. The molecule has 0 saturated heterocycles. The van der Waals surface area contributed by atoms with E-state index >= 15 is 0 Å².